The highest BCUT2D eigenvalue weighted by Crippen LogP contribution is 2.27. The summed E-state index contributed by atoms with van der Waals surface area (Å²) in [5.41, 5.74) is 20.9. The van der Waals surface area contributed by atoms with Gasteiger partial charge >= 0.3 is 0 Å². The Morgan fingerprint density at radius 2 is 2.07 bits per heavy atom. The number of nitrogens with one attached hydrogen (secondary N) is 4. The average Bonchev–Trinajstić information content (AvgIpc) is 2.99. The molecule has 2 aliphatic rings. The van der Waals surface area contributed by atoms with Gasteiger partial charge in [-0.15, -0.1) is 0 Å². The number of fused-ring (bicyclic) bond motifs is 1. The van der Waals surface area contributed by atoms with E-state index in [1.165, 1.54) is 0 Å². The number of hydrazine groups is 1. The van der Waals surface area contributed by atoms with Gasteiger partial charge in [0.15, 0.2) is 5.70 Å². The van der Waals surface area contributed by atoms with E-state index in [0.29, 0.717) is 11.8 Å². The number of hydrogen-bond donors (Lipinski definition) is 6. The first-order chi connectivity index (χ1) is 13.9. The highest BCUT2D eigenvalue weighted by atomic mass is 16.1. The zero-order chi connectivity index (χ0) is 20.5. The Bertz CT molecular complexity index is 1010. The number of rotatable bonds is 4. The molecular formula is C20H28N8O. The summed E-state index contributed by atoms with van der Waals surface area (Å²) in [5, 5.41) is 7.54. The van der Waals surface area contributed by atoms with Gasteiger partial charge in [0.05, 0.1) is 11.6 Å². The first-order valence-electron chi connectivity index (χ1n) is 9.92. The van der Waals surface area contributed by atoms with Gasteiger partial charge in [-0.3, -0.25) is 15.6 Å². The van der Waals surface area contributed by atoms with Crippen LogP contribution in [0.4, 0.5) is 5.69 Å². The number of amides is 1. The highest BCUT2D eigenvalue weighted by molar-refractivity contribution is 5.98. The number of anilines is 1. The number of aromatic nitrogens is 1. The van der Waals surface area contributed by atoms with E-state index in [4.69, 9.17) is 16.5 Å². The summed E-state index contributed by atoms with van der Waals surface area (Å²) < 4.78 is 2.12. The van der Waals surface area contributed by atoms with Gasteiger partial charge in [0.25, 0.3) is 5.91 Å². The normalized spacial score (nSPS) is 23.5. The molecule has 1 saturated carbocycles. The molecule has 1 aliphatic heterocycles. The number of guanidine groups is 1. The number of primary amides is 1. The second-order valence-electron chi connectivity index (χ2n) is 7.69. The molecule has 0 spiro atoms. The summed E-state index contributed by atoms with van der Waals surface area (Å²) in [4.78, 5) is 16.7. The van der Waals surface area contributed by atoms with Crippen molar-refractivity contribution >= 4 is 28.5 Å². The van der Waals surface area contributed by atoms with Gasteiger partial charge in [-0.2, -0.15) is 0 Å². The lowest BCUT2D eigenvalue weighted by molar-refractivity contribution is -0.115. The maximum atomic E-state index is 11.9. The van der Waals surface area contributed by atoms with Crippen molar-refractivity contribution in [1.82, 2.24) is 20.7 Å². The van der Waals surface area contributed by atoms with Gasteiger partial charge in [0, 0.05) is 29.9 Å². The minimum Gasteiger partial charge on any atom is -0.364 e. The van der Waals surface area contributed by atoms with Crippen LogP contribution in [0.1, 0.15) is 31.4 Å². The number of carbonyl (C=O) groups is 1. The van der Waals surface area contributed by atoms with Gasteiger partial charge in [-0.1, -0.05) is 18.9 Å². The van der Waals surface area contributed by atoms with Gasteiger partial charge in [-0.05, 0) is 38.0 Å². The molecule has 2 aromatic rings. The van der Waals surface area contributed by atoms with Crippen molar-refractivity contribution in [1.29, 1.82) is 0 Å². The summed E-state index contributed by atoms with van der Waals surface area (Å²) in [6.07, 6.45) is 4.18. The van der Waals surface area contributed by atoms with Crippen LogP contribution < -0.4 is 33.0 Å². The Morgan fingerprint density at radius 1 is 1.28 bits per heavy atom. The zero-order valence-electron chi connectivity index (χ0n) is 16.7. The lowest BCUT2D eigenvalue weighted by atomic mass is 9.91. The van der Waals surface area contributed by atoms with Crippen molar-refractivity contribution in [2.75, 3.05) is 5.32 Å². The highest BCUT2D eigenvalue weighted by Gasteiger charge is 2.25. The van der Waals surface area contributed by atoms with Crippen LogP contribution in [0, 0.1) is 6.92 Å². The van der Waals surface area contributed by atoms with Gasteiger partial charge in [0.1, 0.15) is 5.82 Å². The van der Waals surface area contributed by atoms with Gasteiger partial charge < -0.3 is 26.7 Å². The molecule has 2 atom stereocenters. The molecule has 9 heteroatoms. The Kier molecular flexibility index (Phi) is 5.06. The number of carbonyl (C=O) groups excluding carboxylic acids is 1. The van der Waals surface area contributed by atoms with Crippen LogP contribution in [0.25, 0.3) is 10.9 Å². The third-order valence-electron chi connectivity index (χ3n) is 5.71. The second kappa shape index (κ2) is 7.67. The Hall–Kier alpha value is -3.20. The van der Waals surface area contributed by atoms with Crippen molar-refractivity contribution in [3.05, 3.63) is 41.5 Å². The zero-order valence-corrected chi connectivity index (χ0v) is 16.7. The number of benzene rings is 1. The minimum absolute atomic E-state index is 0.0390. The van der Waals surface area contributed by atoms with Crippen LogP contribution in [0.2, 0.25) is 0 Å². The number of aliphatic imine (C=N–C) groups is 1. The molecule has 1 aliphatic carbocycles. The fraction of sp³-hybridized carbons (Fsp3) is 0.400. The summed E-state index contributed by atoms with van der Waals surface area (Å²) in [5.74, 6) is 0.377. The Balaban J connectivity index is 1.65. The van der Waals surface area contributed by atoms with Gasteiger partial charge in [-0.25, -0.2) is 4.99 Å². The van der Waals surface area contributed by atoms with Crippen molar-refractivity contribution in [2.45, 2.75) is 44.7 Å². The van der Waals surface area contributed by atoms with Crippen LogP contribution >= 0.6 is 0 Å². The van der Waals surface area contributed by atoms with Crippen LogP contribution in [-0.4, -0.2) is 28.5 Å². The molecular weight excluding hydrogens is 368 g/mol. The van der Waals surface area contributed by atoms with Crippen molar-refractivity contribution < 1.29 is 4.79 Å². The number of aryl methyl sites for hydroxylation is 2. The molecule has 4 rings (SSSR count). The van der Waals surface area contributed by atoms with E-state index in [9.17, 15) is 4.79 Å². The fourth-order valence-corrected chi connectivity index (χ4v) is 3.94. The predicted octanol–water partition coefficient (Wildman–Crippen LogP) is 0.876. The summed E-state index contributed by atoms with van der Waals surface area (Å²) in [6, 6.07) is 8.18. The predicted molar refractivity (Wildman–Crippen MR) is 115 cm³/mol. The number of hydrogen-bond acceptors (Lipinski definition) is 5. The lowest BCUT2D eigenvalue weighted by Crippen LogP contribution is -2.55. The smallest absolute Gasteiger partial charge is 0.270 e. The van der Waals surface area contributed by atoms with Crippen LogP contribution in [0.3, 0.4) is 0 Å². The minimum atomic E-state index is -0.586. The van der Waals surface area contributed by atoms with Crippen molar-refractivity contribution in [2.24, 2.45) is 23.5 Å². The maximum absolute atomic E-state index is 11.9. The molecule has 1 aromatic carbocycles. The Morgan fingerprint density at radius 3 is 2.83 bits per heavy atom. The molecule has 1 amide bonds. The molecule has 0 saturated heterocycles. The number of nitrogens with zero attached hydrogens (tertiary/aromatic N) is 2. The Labute approximate surface area is 169 Å². The molecule has 0 bridgehead atoms. The van der Waals surface area contributed by atoms with E-state index in [0.717, 1.165) is 48.0 Å². The van der Waals surface area contributed by atoms with E-state index in [1.54, 1.807) is 0 Å². The van der Waals surface area contributed by atoms with E-state index < -0.39 is 5.91 Å². The summed E-state index contributed by atoms with van der Waals surface area (Å²) >= 11 is 0. The lowest BCUT2D eigenvalue weighted by Gasteiger charge is -2.29. The van der Waals surface area contributed by atoms with Crippen molar-refractivity contribution in [3.8, 4) is 0 Å². The summed E-state index contributed by atoms with van der Waals surface area (Å²) in [6.45, 7) is 2.06. The molecule has 1 aromatic heterocycles. The van der Waals surface area contributed by atoms with E-state index in [2.05, 4.69) is 45.1 Å². The third kappa shape index (κ3) is 3.73. The molecule has 29 heavy (non-hydrogen) atoms. The first kappa shape index (κ1) is 19.1. The maximum Gasteiger partial charge on any atom is 0.270 e. The number of nitrogens with two attached hydrogens (primary N) is 2. The third-order valence-corrected chi connectivity index (χ3v) is 5.71. The quantitative estimate of drug-likeness (QED) is 0.454. The fourth-order valence-electron chi connectivity index (χ4n) is 3.94. The molecule has 0 unspecified atom stereocenters. The topological polar surface area (TPSA) is 135 Å². The molecule has 8 N–H and O–H groups in total. The van der Waals surface area contributed by atoms with E-state index in [1.807, 2.05) is 19.2 Å². The van der Waals surface area contributed by atoms with Crippen molar-refractivity contribution in [3.63, 3.8) is 0 Å². The standard InChI is InChI=1S/C20H28N8O/c1-11-10-12-14(8-5-9-16(12)28(11)2)23-19-17(18(22)29)26-27-20(25-19)24-15-7-4-3-6-13(15)21/h5,8-10,13,15,23,26H,3-4,6-7,21H2,1-2H3,(H2,22,29)(H2,24,25,27)/t13-,15+/m0/s1. The molecule has 1 fully saturated rings. The summed E-state index contributed by atoms with van der Waals surface area (Å²) in [7, 11) is 2.03. The molecule has 2 heterocycles. The van der Waals surface area contributed by atoms with Crippen LogP contribution in [0.15, 0.2) is 40.8 Å². The van der Waals surface area contributed by atoms with Crippen LogP contribution in [-0.2, 0) is 11.8 Å². The SMILES string of the molecule is Cc1cc2c(NC3=C(C(N)=O)NNC(=N[C@@H]4CCCC[C@@H]4N)N3)cccc2n1C. The molecule has 0 radical (unpaired) electrons. The van der Waals surface area contributed by atoms with Crippen LogP contribution in [0.5, 0.6) is 0 Å². The molecule has 9 nitrogen and oxygen atoms in total. The first-order valence-corrected chi connectivity index (χ1v) is 9.92. The monoisotopic (exact) mass is 396 g/mol. The average molecular weight is 396 g/mol. The van der Waals surface area contributed by atoms with Gasteiger partial charge in [0.2, 0.25) is 5.96 Å². The second-order valence-corrected chi connectivity index (χ2v) is 7.69. The van der Waals surface area contributed by atoms with E-state index in [-0.39, 0.29) is 17.8 Å². The molecule has 154 valence electrons. The van der Waals surface area contributed by atoms with E-state index >= 15 is 0 Å². The largest absolute Gasteiger partial charge is 0.364 e.